The minimum absolute atomic E-state index is 0.409. The zero-order chi connectivity index (χ0) is 13.9. The first-order valence-corrected chi connectivity index (χ1v) is 7.64. The Bertz CT molecular complexity index is 572. The van der Waals surface area contributed by atoms with Crippen LogP contribution in [0.3, 0.4) is 0 Å². The van der Waals surface area contributed by atoms with Gasteiger partial charge < -0.3 is 9.73 Å². The van der Waals surface area contributed by atoms with Crippen LogP contribution in [0.4, 0.5) is 0 Å². The van der Waals surface area contributed by atoms with Crippen molar-refractivity contribution in [3.05, 3.63) is 59.0 Å². The molecule has 2 heteroatoms. The van der Waals surface area contributed by atoms with Gasteiger partial charge in [0.1, 0.15) is 5.76 Å². The Labute approximate surface area is 121 Å². The first-order chi connectivity index (χ1) is 9.79. The molecule has 2 nitrogen and oxygen atoms in total. The summed E-state index contributed by atoms with van der Waals surface area (Å²) in [6.45, 7) is 5.33. The molecule has 0 amide bonds. The van der Waals surface area contributed by atoms with Crippen LogP contribution in [-0.4, -0.2) is 6.54 Å². The van der Waals surface area contributed by atoms with Gasteiger partial charge in [0.05, 0.1) is 6.26 Å². The van der Waals surface area contributed by atoms with Crippen LogP contribution in [0.5, 0.6) is 0 Å². The molecule has 0 saturated heterocycles. The van der Waals surface area contributed by atoms with Crippen LogP contribution in [0, 0.1) is 6.92 Å². The number of hydrogen-bond acceptors (Lipinski definition) is 2. The van der Waals surface area contributed by atoms with E-state index in [2.05, 4.69) is 49.5 Å². The van der Waals surface area contributed by atoms with Crippen LogP contribution < -0.4 is 5.32 Å². The zero-order valence-electron chi connectivity index (χ0n) is 12.4. The summed E-state index contributed by atoms with van der Waals surface area (Å²) in [7, 11) is 0. The summed E-state index contributed by atoms with van der Waals surface area (Å²) in [4.78, 5) is 0. The second-order valence-electron chi connectivity index (χ2n) is 5.77. The lowest BCUT2D eigenvalue weighted by Gasteiger charge is -2.33. The highest BCUT2D eigenvalue weighted by Crippen LogP contribution is 2.41. The quantitative estimate of drug-likeness (QED) is 0.843. The van der Waals surface area contributed by atoms with E-state index in [1.54, 1.807) is 6.26 Å². The van der Waals surface area contributed by atoms with Gasteiger partial charge in [-0.25, -0.2) is 0 Å². The third-order valence-electron chi connectivity index (χ3n) is 4.40. The normalized spacial score (nSPS) is 18.4. The molecule has 3 rings (SSSR count). The van der Waals surface area contributed by atoms with Crippen LogP contribution in [-0.2, 0) is 6.42 Å². The predicted molar refractivity (Wildman–Crippen MR) is 82.0 cm³/mol. The van der Waals surface area contributed by atoms with E-state index in [1.807, 2.05) is 0 Å². The minimum Gasteiger partial charge on any atom is -0.469 e. The SMILES string of the molecule is CCCNC(CC1Cc2ccccc21)c1ccoc1C. The van der Waals surface area contributed by atoms with E-state index in [9.17, 15) is 0 Å². The van der Waals surface area contributed by atoms with Gasteiger partial charge in [0.25, 0.3) is 0 Å². The smallest absolute Gasteiger partial charge is 0.105 e. The number of benzene rings is 1. The van der Waals surface area contributed by atoms with Gasteiger partial charge in [-0.2, -0.15) is 0 Å². The van der Waals surface area contributed by atoms with Crippen LogP contribution in [0.1, 0.15) is 54.2 Å². The fourth-order valence-corrected chi connectivity index (χ4v) is 3.25. The Balaban J connectivity index is 1.73. The third-order valence-corrected chi connectivity index (χ3v) is 4.40. The molecule has 0 saturated carbocycles. The molecule has 0 aliphatic heterocycles. The highest BCUT2D eigenvalue weighted by Gasteiger charge is 2.29. The van der Waals surface area contributed by atoms with Crippen molar-refractivity contribution in [2.75, 3.05) is 6.54 Å². The van der Waals surface area contributed by atoms with Crippen molar-refractivity contribution < 1.29 is 4.42 Å². The highest BCUT2D eigenvalue weighted by atomic mass is 16.3. The molecule has 1 N–H and O–H groups in total. The molecular formula is C18H23NO. The van der Waals surface area contributed by atoms with Gasteiger partial charge in [0.2, 0.25) is 0 Å². The molecule has 20 heavy (non-hydrogen) atoms. The second-order valence-corrected chi connectivity index (χ2v) is 5.77. The Morgan fingerprint density at radius 3 is 2.85 bits per heavy atom. The minimum atomic E-state index is 0.409. The lowest BCUT2D eigenvalue weighted by Crippen LogP contribution is -2.27. The van der Waals surface area contributed by atoms with Crippen molar-refractivity contribution in [1.82, 2.24) is 5.32 Å². The first kappa shape index (κ1) is 13.4. The molecule has 0 fully saturated rings. The Hall–Kier alpha value is -1.54. The van der Waals surface area contributed by atoms with Crippen molar-refractivity contribution in [3.8, 4) is 0 Å². The maximum Gasteiger partial charge on any atom is 0.105 e. The van der Waals surface area contributed by atoms with Crippen LogP contribution >= 0.6 is 0 Å². The van der Waals surface area contributed by atoms with Gasteiger partial charge in [-0.3, -0.25) is 0 Å². The van der Waals surface area contributed by atoms with E-state index < -0.39 is 0 Å². The van der Waals surface area contributed by atoms with Crippen molar-refractivity contribution >= 4 is 0 Å². The Kier molecular flexibility index (Phi) is 3.93. The van der Waals surface area contributed by atoms with Crippen molar-refractivity contribution in [2.24, 2.45) is 0 Å². The summed E-state index contributed by atoms with van der Waals surface area (Å²) in [5.74, 6) is 1.74. The summed E-state index contributed by atoms with van der Waals surface area (Å²) in [5, 5.41) is 3.68. The van der Waals surface area contributed by atoms with Crippen LogP contribution in [0.2, 0.25) is 0 Å². The van der Waals surface area contributed by atoms with Gasteiger partial charge in [-0.15, -0.1) is 0 Å². The van der Waals surface area contributed by atoms with Gasteiger partial charge in [0, 0.05) is 11.6 Å². The average molecular weight is 269 g/mol. The maximum atomic E-state index is 5.49. The van der Waals surface area contributed by atoms with Gasteiger partial charge in [-0.05, 0) is 55.8 Å². The maximum absolute atomic E-state index is 5.49. The predicted octanol–water partition coefficient (Wildman–Crippen LogP) is 4.36. The average Bonchev–Trinajstić information content (AvgIpc) is 2.86. The highest BCUT2D eigenvalue weighted by molar-refractivity contribution is 5.40. The second kappa shape index (κ2) is 5.84. The molecule has 0 spiro atoms. The zero-order valence-corrected chi connectivity index (χ0v) is 12.4. The van der Waals surface area contributed by atoms with E-state index in [0.717, 1.165) is 25.1 Å². The molecular weight excluding hydrogens is 246 g/mol. The fourth-order valence-electron chi connectivity index (χ4n) is 3.25. The third kappa shape index (κ3) is 2.53. The number of fused-ring (bicyclic) bond motifs is 1. The number of furan rings is 1. The molecule has 1 aliphatic carbocycles. The molecule has 0 radical (unpaired) electrons. The molecule has 2 atom stereocenters. The largest absolute Gasteiger partial charge is 0.469 e. The van der Waals surface area contributed by atoms with E-state index in [0.29, 0.717) is 12.0 Å². The van der Waals surface area contributed by atoms with E-state index in [-0.39, 0.29) is 0 Å². The summed E-state index contributed by atoms with van der Waals surface area (Å²) < 4.78 is 5.49. The van der Waals surface area contributed by atoms with E-state index in [4.69, 9.17) is 4.42 Å². The van der Waals surface area contributed by atoms with Gasteiger partial charge in [0.15, 0.2) is 0 Å². The molecule has 1 aliphatic rings. The number of aryl methyl sites for hydroxylation is 1. The summed E-state index contributed by atoms with van der Waals surface area (Å²) >= 11 is 0. The summed E-state index contributed by atoms with van der Waals surface area (Å²) in [6, 6.07) is 11.4. The van der Waals surface area contributed by atoms with Crippen molar-refractivity contribution in [1.29, 1.82) is 0 Å². The Morgan fingerprint density at radius 2 is 2.15 bits per heavy atom. The molecule has 106 valence electrons. The van der Waals surface area contributed by atoms with Crippen molar-refractivity contribution in [3.63, 3.8) is 0 Å². The summed E-state index contributed by atoms with van der Waals surface area (Å²) in [5.41, 5.74) is 4.38. The van der Waals surface area contributed by atoms with E-state index in [1.165, 1.54) is 23.1 Å². The molecule has 1 heterocycles. The number of hydrogen-bond donors (Lipinski definition) is 1. The monoisotopic (exact) mass is 269 g/mol. The topological polar surface area (TPSA) is 25.2 Å². The molecule has 2 aromatic rings. The Morgan fingerprint density at radius 1 is 1.30 bits per heavy atom. The standard InChI is InChI=1S/C18H23NO/c1-3-9-19-18(16-8-10-20-13(16)2)12-15-11-14-6-4-5-7-17(14)15/h4-8,10,15,18-19H,3,9,11-12H2,1-2H3. The van der Waals surface area contributed by atoms with E-state index >= 15 is 0 Å². The molecule has 0 bridgehead atoms. The lowest BCUT2D eigenvalue weighted by molar-refractivity contribution is 0.420. The van der Waals surface area contributed by atoms with Crippen LogP contribution in [0.15, 0.2) is 41.0 Å². The molecule has 2 unspecified atom stereocenters. The van der Waals surface area contributed by atoms with Crippen molar-refractivity contribution in [2.45, 2.75) is 45.1 Å². The van der Waals surface area contributed by atoms with Gasteiger partial charge in [-0.1, -0.05) is 31.2 Å². The van der Waals surface area contributed by atoms with Crippen LogP contribution in [0.25, 0.3) is 0 Å². The number of rotatable bonds is 6. The fraction of sp³-hybridized carbons (Fsp3) is 0.444. The molecule has 1 aromatic carbocycles. The first-order valence-electron chi connectivity index (χ1n) is 7.64. The lowest BCUT2D eigenvalue weighted by atomic mass is 9.74. The van der Waals surface area contributed by atoms with Gasteiger partial charge >= 0.3 is 0 Å². The summed E-state index contributed by atoms with van der Waals surface area (Å²) in [6.07, 6.45) is 5.35. The molecule has 1 aromatic heterocycles. The number of nitrogens with one attached hydrogen (secondary N) is 1.